The van der Waals surface area contributed by atoms with Gasteiger partial charge in [-0.25, -0.2) is 14.4 Å². The summed E-state index contributed by atoms with van der Waals surface area (Å²) in [7, 11) is 0. The molecule has 112 valence electrons. The van der Waals surface area contributed by atoms with Crippen molar-refractivity contribution in [1.82, 2.24) is 9.97 Å². The standard InChI is InChI=1S/C15H16ClFIN3/c1-8-12(16)20-14(15(2,3)4)21-13(8)19-11-6-5-9(17)7-10(11)18/h5-7H,1-4H3,(H,19,20,21). The maximum atomic E-state index is 13.2. The second kappa shape index (κ2) is 6.04. The third kappa shape index (κ3) is 3.83. The number of aromatic nitrogens is 2. The number of nitrogens with zero attached hydrogens (tertiary/aromatic N) is 2. The van der Waals surface area contributed by atoms with Crippen LogP contribution in [0, 0.1) is 16.3 Å². The molecule has 0 aliphatic heterocycles. The molecule has 0 saturated heterocycles. The molecular formula is C15H16ClFIN3. The van der Waals surface area contributed by atoms with Crippen LogP contribution in [-0.2, 0) is 5.41 Å². The minimum atomic E-state index is -0.266. The minimum absolute atomic E-state index is 0.205. The lowest BCUT2D eigenvalue weighted by atomic mass is 9.95. The lowest BCUT2D eigenvalue weighted by Crippen LogP contribution is -2.17. The lowest BCUT2D eigenvalue weighted by Gasteiger charge is -2.19. The summed E-state index contributed by atoms with van der Waals surface area (Å²) in [6, 6.07) is 4.56. The molecule has 1 N–H and O–H groups in total. The first-order valence-electron chi connectivity index (χ1n) is 6.45. The Labute approximate surface area is 142 Å². The van der Waals surface area contributed by atoms with Gasteiger partial charge in [-0.05, 0) is 47.7 Å². The zero-order valence-corrected chi connectivity index (χ0v) is 15.2. The SMILES string of the molecule is Cc1c(Cl)nc(C(C)(C)C)nc1Nc1ccc(F)cc1I. The number of benzene rings is 1. The van der Waals surface area contributed by atoms with Crippen molar-refractivity contribution in [1.29, 1.82) is 0 Å². The molecule has 0 aliphatic rings. The minimum Gasteiger partial charge on any atom is -0.339 e. The van der Waals surface area contributed by atoms with Crippen LogP contribution in [0.1, 0.15) is 32.2 Å². The molecule has 1 aromatic carbocycles. The summed E-state index contributed by atoms with van der Waals surface area (Å²) < 4.78 is 13.9. The molecule has 21 heavy (non-hydrogen) atoms. The lowest BCUT2D eigenvalue weighted by molar-refractivity contribution is 0.545. The predicted octanol–water partition coefficient (Wildman–Crippen LogP) is 5.22. The number of halogens is 3. The predicted molar refractivity (Wildman–Crippen MR) is 92.9 cm³/mol. The highest BCUT2D eigenvalue weighted by molar-refractivity contribution is 14.1. The maximum absolute atomic E-state index is 13.2. The van der Waals surface area contributed by atoms with Gasteiger partial charge in [0.1, 0.15) is 22.6 Å². The molecule has 0 spiro atoms. The Hall–Kier alpha value is -0.950. The van der Waals surface area contributed by atoms with Crippen LogP contribution in [0.15, 0.2) is 18.2 Å². The van der Waals surface area contributed by atoms with E-state index in [9.17, 15) is 4.39 Å². The van der Waals surface area contributed by atoms with Gasteiger partial charge in [-0.2, -0.15) is 0 Å². The summed E-state index contributed by atoms with van der Waals surface area (Å²) in [5.74, 6) is 1.04. The van der Waals surface area contributed by atoms with Crippen molar-refractivity contribution in [3.63, 3.8) is 0 Å². The highest BCUT2D eigenvalue weighted by atomic mass is 127. The molecule has 2 rings (SSSR count). The highest BCUT2D eigenvalue weighted by Crippen LogP contribution is 2.29. The smallest absolute Gasteiger partial charge is 0.138 e. The number of rotatable bonds is 2. The Balaban J connectivity index is 2.46. The Morgan fingerprint density at radius 3 is 2.48 bits per heavy atom. The van der Waals surface area contributed by atoms with Gasteiger partial charge in [-0.15, -0.1) is 0 Å². The number of nitrogens with one attached hydrogen (secondary N) is 1. The summed E-state index contributed by atoms with van der Waals surface area (Å²) in [4.78, 5) is 8.89. The first-order valence-corrected chi connectivity index (χ1v) is 7.91. The molecule has 2 aromatic rings. The molecule has 0 bridgehead atoms. The number of anilines is 2. The van der Waals surface area contributed by atoms with Gasteiger partial charge in [-0.3, -0.25) is 0 Å². The number of hydrogen-bond donors (Lipinski definition) is 1. The van der Waals surface area contributed by atoms with Gasteiger partial charge in [0.25, 0.3) is 0 Å². The van der Waals surface area contributed by atoms with Crippen LogP contribution in [-0.4, -0.2) is 9.97 Å². The van der Waals surface area contributed by atoms with Crippen LogP contribution in [0.2, 0.25) is 5.15 Å². The second-order valence-corrected chi connectivity index (χ2v) is 7.33. The molecule has 0 saturated carbocycles. The van der Waals surface area contributed by atoms with Gasteiger partial charge in [0.05, 0.1) is 5.69 Å². The normalized spacial score (nSPS) is 11.6. The highest BCUT2D eigenvalue weighted by Gasteiger charge is 2.21. The topological polar surface area (TPSA) is 37.8 Å². The Morgan fingerprint density at radius 2 is 1.90 bits per heavy atom. The molecule has 3 nitrogen and oxygen atoms in total. The van der Waals surface area contributed by atoms with Crippen molar-refractivity contribution in [3.8, 4) is 0 Å². The quantitative estimate of drug-likeness (QED) is 0.535. The zero-order chi connectivity index (χ0) is 15.8. The van der Waals surface area contributed by atoms with Crippen molar-refractivity contribution in [3.05, 3.63) is 44.1 Å². The Morgan fingerprint density at radius 1 is 1.24 bits per heavy atom. The molecule has 0 amide bonds. The molecule has 0 radical (unpaired) electrons. The molecule has 1 heterocycles. The van der Waals surface area contributed by atoms with Crippen LogP contribution in [0.25, 0.3) is 0 Å². The Bertz CT molecular complexity index is 683. The average molecular weight is 420 g/mol. The Kier molecular flexibility index (Phi) is 4.72. The fourth-order valence-electron chi connectivity index (χ4n) is 1.66. The van der Waals surface area contributed by atoms with Crippen LogP contribution < -0.4 is 5.32 Å². The summed E-state index contributed by atoms with van der Waals surface area (Å²) in [5, 5.41) is 3.64. The van der Waals surface area contributed by atoms with Gasteiger partial charge in [0.15, 0.2) is 0 Å². The van der Waals surface area contributed by atoms with Gasteiger partial charge in [0.2, 0.25) is 0 Å². The summed E-state index contributed by atoms with van der Waals surface area (Å²) in [5.41, 5.74) is 1.35. The number of hydrogen-bond acceptors (Lipinski definition) is 3. The van der Waals surface area contributed by atoms with Crippen molar-refractivity contribution >= 4 is 45.7 Å². The molecule has 0 unspecified atom stereocenters. The third-order valence-corrected chi connectivity index (χ3v) is 4.20. The van der Waals surface area contributed by atoms with E-state index in [4.69, 9.17) is 11.6 Å². The molecule has 0 fully saturated rings. The largest absolute Gasteiger partial charge is 0.339 e. The zero-order valence-electron chi connectivity index (χ0n) is 12.3. The molecule has 1 aromatic heterocycles. The van der Waals surface area contributed by atoms with Crippen LogP contribution in [0.4, 0.5) is 15.9 Å². The van der Waals surface area contributed by atoms with E-state index in [1.807, 2.05) is 27.7 Å². The van der Waals surface area contributed by atoms with Gasteiger partial charge in [0, 0.05) is 14.5 Å². The monoisotopic (exact) mass is 419 g/mol. The maximum Gasteiger partial charge on any atom is 0.138 e. The van der Waals surface area contributed by atoms with Crippen molar-refractivity contribution in [2.75, 3.05) is 5.32 Å². The van der Waals surface area contributed by atoms with Crippen LogP contribution in [0.5, 0.6) is 0 Å². The average Bonchev–Trinajstić information content (AvgIpc) is 2.36. The molecule has 0 atom stereocenters. The summed E-state index contributed by atoms with van der Waals surface area (Å²) in [6.45, 7) is 7.94. The molecule has 0 aliphatic carbocycles. The molecule has 6 heteroatoms. The van der Waals surface area contributed by atoms with E-state index < -0.39 is 0 Å². The third-order valence-electron chi connectivity index (χ3n) is 2.94. The second-order valence-electron chi connectivity index (χ2n) is 5.81. The van der Waals surface area contributed by atoms with Gasteiger partial charge in [-0.1, -0.05) is 32.4 Å². The summed E-state index contributed by atoms with van der Waals surface area (Å²) in [6.07, 6.45) is 0. The van der Waals surface area contributed by atoms with Crippen molar-refractivity contribution in [2.24, 2.45) is 0 Å². The fourth-order valence-corrected chi connectivity index (χ4v) is 2.45. The van der Waals surface area contributed by atoms with E-state index in [1.165, 1.54) is 12.1 Å². The first-order chi connectivity index (χ1) is 9.68. The van der Waals surface area contributed by atoms with Crippen molar-refractivity contribution < 1.29 is 4.39 Å². The first kappa shape index (κ1) is 16.4. The van der Waals surface area contributed by atoms with E-state index in [2.05, 4.69) is 37.9 Å². The van der Waals surface area contributed by atoms with Crippen LogP contribution >= 0.6 is 34.2 Å². The van der Waals surface area contributed by atoms with E-state index in [-0.39, 0.29) is 11.2 Å². The van der Waals surface area contributed by atoms with Gasteiger partial charge < -0.3 is 5.32 Å². The van der Waals surface area contributed by atoms with E-state index in [1.54, 1.807) is 6.07 Å². The van der Waals surface area contributed by atoms with Crippen molar-refractivity contribution in [2.45, 2.75) is 33.1 Å². The van der Waals surface area contributed by atoms with Gasteiger partial charge >= 0.3 is 0 Å². The van der Waals surface area contributed by atoms with Crippen LogP contribution in [0.3, 0.4) is 0 Å². The van der Waals surface area contributed by atoms with E-state index >= 15 is 0 Å². The summed E-state index contributed by atoms with van der Waals surface area (Å²) >= 11 is 8.28. The van der Waals surface area contributed by atoms with E-state index in [0.29, 0.717) is 16.8 Å². The van der Waals surface area contributed by atoms with E-state index in [0.717, 1.165) is 14.8 Å². The fraction of sp³-hybridized carbons (Fsp3) is 0.333. The molecular weight excluding hydrogens is 404 g/mol.